The Morgan fingerprint density at radius 3 is 2.67 bits per heavy atom. The number of hydrogen-bond donors (Lipinski definition) is 1. The first-order valence-electron chi connectivity index (χ1n) is 7.28. The zero-order chi connectivity index (χ0) is 13.3. The topological polar surface area (TPSA) is 49.6 Å². The lowest BCUT2D eigenvalue weighted by atomic mass is 9.83. The molecule has 0 aromatic rings. The molecule has 2 aliphatic rings. The van der Waals surface area contributed by atoms with E-state index in [1.165, 1.54) is 0 Å². The first-order valence-corrected chi connectivity index (χ1v) is 7.28. The second-order valence-electron chi connectivity index (χ2n) is 6.14. The van der Waals surface area contributed by atoms with Crippen molar-refractivity contribution < 1.29 is 4.79 Å². The lowest BCUT2D eigenvalue weighted by Crippen LogP contribution is -2.58. The number of carbonyl (C=O) groups is 1. The monoisotopic (exact) mass is 253 g/mol. The molecule has 1 saturated carbocycles. The number of carbonyl (C=O) groups excluding carboxylic acids is 1. The molecule has 1 heterocycles. The highest BCUT2D eigenvalue weighted by molar-refractivity contribution is 5.83. The van der Waals surface area contributed by atoms with Crippen LogP contribution >= 0.6 is 0 Å². The minimum atomic E-state index is -0.311. The summed E-state index contributed by atoms with van der Waals surface area (Å²) in [6.45, 7) is 10.2. The van der Waals surface area contributed by atoms with E-state index in [9.17, 15) is 4.79 Å². The van der Waals surface area contributed by atoms with Crippen LogP contribution < -0.4 is 5.73 Å². The van der Waals surface area contributed by atoms with Gasteiger partial charge in [-0.25, -0.2) is 0 Å². The highest BCUT2D eigenvalue weighted by Gasteiger charge is 2.45. The fourth-order valence-electron chi connectivity index (χ4n) is 3.47. The predicted octanol–water partition coefficient (Wildman–Crippen LogP) is 1.06. The molecule has 1 aliphatic heterocycles. The van der Waals surface area contributed by atoms with Gasteiger partial charge in [0.25, 0.3) is 0 Å². The van der Waals surface area contributed by atoms with Crippen LogP contribution in [0.25, 0.3) is 0 Å². The molecule has 4 heteroatoms. The van der Waals surface area contributed by atoms with Crippen molar-refractivity contribution in [1.29, 1.82) is 0 Å². The highest BCUT2D eigenvalue weighted by Crippen LogP contribution is 2.38. The van der Waals surface area contributed by atoms with E-state index in [1.807, 2.05) is 4.90 Å². The molecule has 4 nitrogen and oxygen atoms in total. The predicted molar refractivity (Wildman–Crippen MR) is 73.2 cm³/mol. The Hall–Kier alpha value is -0.610. The molecule has 0 aromatic carbocycles. The molecule has 2 fully saturated rings. The smallest absolute Gasteiger partial charge is 0.230 e. The van der Waals surface area contributed by atoms with Crippen molar-refractivity contribution in [1.82, 2.24) is 9.80 Å². The van der Waals surface area contributed by atoms with E-state index in [-0.39, 0.29) is 17.4 Å². The third kappa shape index (κ3) is 2.28. The largest absolute Gasteiger partial charge is 0.339 e. The van der Waals surface area contributed by atoms with Crippen molar-refractivity contribution in [2.75, 3.05) is 26.2 Å². The van der Waals surface area contributed by atoms with E-state index < -0.39 is 0 Å². The van der Waals surface area contributed by atoms with Crippen LogP contribution in [0.4, 0.5) is 0 Å². The van der Waals surface area contributed by atoms with E-state index in [0.717, 1.165) is 45.4 Å². The number of amides is 1. The molecule has 1 amide bonds. The molecule has 0 bridgehead atoms. The lowest BCUT2D eigenvalue weighted by Gasteiger charge is -2.43. The summed E-state index contributed by atoms with van der Waals surface area (Å²) in [5.41, 5.74) is 5.84. The third-order valence-electron chi connectivity index (χ3n) is 4.98. The average molecular weight is 253 g/mol. The van der Waals surface area contributed by atoms with Gasteiger partial charge in [0.15, 0.2) is 0 Å². The standard InChI is InChI=1S/C14H27N3O/c1-4-16-8-9-17(10-11(16)2)13(18)14(3)7-5-6-12(14)15/h11-12H,4-10,15H2,1-3H3. The van der Waals surface area contributed by atoms with Gasteiger partial charge in [0.1, 0.15) is 0 Å². The highest BCUT2D eigenvalue weighted by atomic mass is 16.2. The van der Waals surface area contributed by atoms with Gasteiger partial charge < -0.3 is 10.6 Å². The minimum absolute atomic E-state index is 0.0458. The number of hydrogen-bond acceptors (Lipinski definition) is 3. The van der Waals surface area contributed by atoms with Crippen LogP contribution in [-0.4, -0.2) is 54.0 Å². The van der Waals surface area contributed by atoms with Crippen LogP contribution in [0.5, 0.6) is 0 Å². The van der Waals surface area contributed by atoms with Gasteiger partial charge in [0.2, 0.25) is 5.91 Å². The maximum Gasteiger partial charge on any atom is 0.230 e. The van der Waals surface area contributed by atoms with Crippen molar-refractivity contribution in [3.63, 3.8) is 0 Å². The SMILES string of the molecule is CCN1CCN(C(=O)C2(C)CCCC2N)CC1C. The molecule has 3 unspecified atom stereocenters. The molecule has 0 spiro atoms. The summed E-state index contributed by atoms with van der Waals surface area (Å²) in [6, 6.07) is 0.512. The fraction of sp³-hybridized carbons (Fsp3) is 0.929. The van der Waals surface area contributed by atoms with E-state index in [0.29, 0.717) is 6.04 Å². The van der Waals surface area contributed by atoms with Crippen molar-refractivity contribution in [2.45, 2.75) is 52.1 Å². The Kier molecular flexibility index (Phi) is 3.97. The molecule has 18 heavy (non-hydrogen) atoms. The molecular weight excluding hydrogens is 226 g/mol. The minimum Gasteiger partial charge on any atom is -0.339 e. The van der Waals surface area contributed by atoms with Crippen LogP contribution in [0.1, 0.15) is 40.0 Å². The van der Waals surface area contributed by atoms with Crippen LogP contribution in [0.3, 0.4) is 0 Å². The summed E-state index contributed by atoms with van der Waals surface area (Å²) >= 11 is 0. The van der Waals surface area contributed by atoms with Crippen molar-refractivity contribution in [2.24, 2.45) is 11.1 Å². The molecular formula is C14H27N3O. The Morgan fingerprint density at radius 2 is 2.17 bits per heavy atom. The molecule has 2 rings (SSSR count). The number of nitrogens with zero attached hydrogens (tertiary/aromatic N) is 2. The van der Waals surface area contributed by atoms with E-state index in [1.54, 1.807) is 0 Å². The quantitative estimate of drug-likeness (QED) is 0.800. The Bertz CT molecular complexity index is 320. The van der Waals surface area contributed by atoms with Gasteiger partial charge in [-0.3, -0.25) is 9.69 Å². The maximum atomic E-state index is 12.7. The molecule has 104 valence electrons. The second kappa shape index (κ2) is 5.17. The first-order chi connectivity index (χ1) is 8.49. The molecule has 1 saturated heterocycles. The van der Waals surface area contributed by atoms with Crippen molar-refractivity contribution in [3.8, 4) is 0 Å². The summed E-state index contributed by atoms with van der Waals surface area (Å²) in [4.78, 5) is 17.2. The molecule has 0 radical (unpaired) electrons. The zero-order valence-corrected chi connectivity index (χ0v) is 12.0. The van der Waals surface area contributed by atoms with Gasteiger partial charge in [0, 0.05) is 31.7 Å². The average Bonchev–Trinajstić information content (AvgIpc) is 2.70. The number of rotatable bonds is 2. The van der Waals surface area contributed by atoms with Crippen LogP contribution in [0.15, 0.2) is 0 Å². The summed E-state index contributed by atoms with van der Waals surface area (Å²) in [6.07, 6.45) is 3.04. The third-order valence-corrected chi connectivity index (χ3v) is 4.98. The lowest BCUT2D eigenvalue weighted by molar-refractivity contribution is -0.144. The second-order valence-corrected chi connectivity index (χ2v) is 6.14. The van der Waals surface area contributed by atoms with Gasteiger partial charge in [-0.15, -0.1) is 0 Å². The molecule has 1 aliphatic carbocycles. The van der Waals surface area contributed by atoms with Gasteiger partial charge in [-0.1, -0.05) is 13.3 Å². The van der Waals surface area contributed by atoms with E-state index in [2.05, 4.69) is 25.7 Å². The van der Waals surface area contributed by atoms with Crippen LogP contribution in [0, 0.1) is 5.41 Å². The number of nitrogens with two attached hydrogens (primary N) is 1. The van der Waals surface area contributed by atoms with Crippen molar-refractivity contribution in [3.05, 3.63) is 0 Å². The van der Waals surface area contributed by atoms with Gasteiger partial charge >= 0.3 is 0 Å². The Labute approximate surface area is 110 Å². The fourth-order valence-corrected chi connectivity index (χ4v) is 3.47. The molecule has 2 N–H and O–H groups in total. The van der Waals surface area contributed by atoms with Gasteiger partial charge in [-0.2, -0.15) is 0 Å². The summed E-state index contributed by atoms with van der Waals surface area (Å²) in [5.74, 6) is 0.287. The van der Waals surface area contributed by atoms with E-state index >= 15 is 0 Å². The van der Waals surface area contributed by atoms with Crippen LogP contribution in [-0.2, 0) is 4.79 Å². The van der Waals surface area contributed by atoms with Crippen molar-refractivity contribution >= 4 is 5.91 Å². The maximum absolute atomic E-state index is 12.7. The zero-order valence-electron chi connectivity index (χ0n) is 12.0. The Morgan fingerprint density at radius 1 is 1.44 bits per heavy atom. The Balaban J connectivity index is 2.02. The molecule has 0 aromatic heterocycles. The normalized spacial score (nSPS) is 38.1. The summed E-state index contributed by atoms with van der Waals surface area (Å²) in [5, 5.41) is 0. The molecule has 3 atom stereocenters. The summed E-state index contributed by atoms with van der Waals surface area (Å²) in [7, 11) is 0. The van der Waals surface area contributed by atoms with Gasteiger partial charge in [-0.05, 0) is 33.2 Å². The first kappa shape index (κ1) is 13.8. The number of piperazine rings is 1. The summed E-state index contributed by atoms with van der Waals surface area (Å²) < 4.78 is 0. The number of likely N-dealkylation sites (N-methyl/N-ethyl adjacent to an activating group) is 1. The van der Waals surface area contributed by atoms with E-state index in [4.69, 9.17) is 5.73 Å². The van der Waals surface area contributed by atoms with Crippen LogP contribution in [0.2, 0.25) is 0 Å². The van der Waals surface area contributed by atoms with Gasteiger partial charge in [0.05, 0.1) is 5.41 Å².